The molecule has 1 aromatic carbocycles. The maximum absolute atomic E-state index is 11.5. The molecule has 0 bridgehead atoms. The molecule has 1 amide bonds. The predicted molar refractivity (Wildman–Crippen MR) is 86.7 cm³/mol. The Hall–Kier alpha value is -2.28. The van der Waals surface area contributed by atoms with Gasteiger partial charge in [-0.15, -0.1) is 10.2 Å². The van der Waals surface area contributed by atoms with E-state index in [1.165, 1.54) is 4.90 Å². The molecule has 1 aromatic heterocycles. The summed E-state index contributed by atoms with van der Waals surface area (Å²) in [5.74, 6) is 1.33. The third-order valence-corrected chi connectivity index (χ3v) is 3.37. The highest BCUT2D eigenvalue weighted by Gasteiger charge is 2.13. The quantitative estimate of drug-likeness (QED) is 0.872. The fourth-order valence-corrected chi connectivity index (χ4v) is 2.01. The second-order valence-electron chi connectivity index (χ2n) is 5.25. The molecule has 1 atom stereocenters. The molecule has 1 heterocycles. The number of nitrogens with zero attached hydrogens (tertiary/aromatic N) is 3. The largest absolute Gasteiger partial charge is 0.482 e. The molecule has 1 N–H and O–H groups in total. The van der Waals surface area contributed by atoms with Crippen LogP contribution in [0, 0.1) is 6.92 Å². The van der Waals surface area contributed by atoms with E-state index in [9.17, 15) is 4.79 Å². The second kappa shape index (κ2) is 7.32. The molecule has 8 heteroatoms. The number of carbonyl (C=O) groups excluding carboxylic acids is 1. The molecule has 0 fully saturated rings. The summed E-state index contributed by atoms with van der Waals surface area (Å²) >= 11 is 6.18. The van der Waals surface area contributed by atoms with Crippen LogP contribution in [0.3, 0.4) is 0 Å². The first-order chi connectivity index (χ1) is 10.9. The minimum Gasteiger partial charge on any atom is -0.482 e. The number of hydrogen-bond acceptors (Lipinski definition) is 6. The minimum absolute atomic E-state index is 0.0584. The molecule has 2 rings (SSSR count). The van der Waals surface area contributed by atoms with Crippen LogP contribution in [-0.2, 0) is 4.79 Å². The molecule has 0 spiro atoms. The highest BCUT2D eigenvalue weighted by Crippen LogP contribution is 2.29. The molecule has 0 radical (unpaired) electrons. The maximum atomic E-state index is 11.5. The van der Waals surface area contributed by atoms with Gasteiger partial charge in [0.15, 0.2) is 6.61 Å². The Morgan fingerprint density at radius 3 is 2.74 bits per heavy atom. The van der Waals surface area contributed by atoms with Crippen molar-refractivity contribution in [1.82, 2.24) is 15.1 Å². The van der Waals surface area contributed by atoms with Gasteiger partial charge >= 0.3 is 0 Å². The number of amides is 1. The van der Waals surface area contributed by atoms with Crippen molar-refractivity contribution in [2.24, 2.45) is 0 Å². The molecule has 0 aliphatic carbocycles. The summed E-state index contributed by atoms with van der Waals surface area (Å²) in [6.07, 6.45) is 0. The number of rotatable bonds is 6. The number of aromatic nitrogens is 2. The van der Waals surface area contributed by atoms with Crippen LogP contribution in [0.15, 0.2) is 22.6 Å². The monoisotopic (exact) mass is 338 g/mol. The van der Waals surface area contributed by atoms with Gasteiger partial charge in [-0.3, -0.25) is 4.79 Å². The lowest BCUT2D eigenvalue weighted by atomic mass is 10.2. The van der Waals surface area contributed by atoms with Gasteiger partial charge in [-0.2, -0.15) is 0 Å². The first-order valence-corrected chi connectivity index (χ1v) is 7.43. The topological polar surface area (TPSA) is 80.5 Å². The van der Waals surface area contributed by atoms with Crippen LogP contribution < -0.4 is 10.1 Å². The summed E-state index contributed by atoms with van der Waals surface area (Å²) in [4.78, 5) is 13.0. The Bertz CT molecular complexity index is 687. The zero-order valence-corrected chi connectivity index (χ0v) is 14.2. The number of aryl methyl sites for hydroxylation is 1. The van der Waals surface area contributed by atoms with Crippen molar-refractivity contribution in [2.45, 2.75) is 19.9 Å². The SMILES string of the molecule is Cc1nnc(C(C)Nc2ccc(OCC(=O)N(C)C)c(Cl)c2)o1. The Kier molecular flexibility index (Phi) is 5.44. The van der Waals surface area contributed by atoms with E-state index in [4.69, 9.17) is 20.8 Å². The number of anilines is 1. The Morgan fingerprint density at radius 2 is 2.17 bits per heavy atom. The highest BCUT2D eigenvalue weighted by molar-refractivity contribution is 6.32. The van der Waals surface area contributed by atoms with E-state index >= 15 is 0 Å². The van der Waals surface area contributed by atoms with Gasteiger partial charge in [0.05, 0.1) is 5.02 Å². The van der Waals surface area contributed by atoms with E-state index in [2.05, 4.69) is 15.5 Å². The molecular weight excluding hydrogens is 320 g/mol. The van der Waals surface area contributed by atoms with Gasteiger partial charge < -0.3 is 19.4 Å². The van der Waals surface area contributed by atoms with Crippen molar-refractivity contribution in [3.63, 3.8) is 0 Å². The third kappa shape index (κ3) is 4.59. The van der Waals surface area contributed by atoms with Crippen LogP contribution in [0.2, 0.25) is 5.02 Å². The number of ether oxygens (including phenoxy) is 1. The zero-order valence-electron chi connectivity index (χ0n) is 13.5. The Labute approximate surface area is 139 Å². The maximum Gasteiger partial charge on any atom is 0.259 e. The highest BCUT2D eigenvalue weighted by atomic mass is 35.5. The number of carbonyl (C=O) groups is 1. The van der Waals surface area contributed by atoms with Crippen LogP contribution in [0.25, 0.3) is 0 Å². The smallest absolute Gasteiger partial charge is 0.259 e. The number of benzene rings is 1. The van der Waals surface area contributed by atoms with Crippen LogP contribution in [0.1, 0.15) is 24.7 Å². The second-order valence-corrected chi connectivity index (χ2v) is 5.65. The zero-order chi connectivity index (χ0) is 17.0. The van der Waals surface area contributed by atoms with E-state index in [-0.39, 0.29) is 18.6 Å². The lowest BCUT2D eigenvalue weighted by molar-refractivity contribution is -0.130. The molecule has 7 nitrogen and oxygen atoms in total. The van der Waals surface area contributed by atoms with Gasteiger partial charge in [-0.25, -0.2) is 0 Å². The van der Waals surface area contributed by atoms with Gasteiger partial charge in [0, 0.05) is 26.7 Å². The van der Waals surface area contributed by atoms with Gasteiger partial charge in [0.2, 0.25) is 11.8 Å². The Morgan fingerprint density at radius 1 is 1.43 bits per heavy atom. The van der Waals surface area contributed by atoms with E-state index < -0.39 is 0 Å². The molecule has 0 saturated carbocycles. The minimum atomic E-state index is -0.158. The van der Waals surface area contributed by atoms with Crippen molar-refractivity contribution in [2.75, 3.05) is 26.0 Å². The number of halogens is 1. The van der Waals surface area contributed by atoms with Gasteiger partial charge in [0.25, 0.3) is 5.91 Å². The van der Waals surface area contributed by atoms with Crippen LogP contribution in [-0.4, -0.2) is 41.7 Å². The van der Waals surface area contributed by atoms with Crippen molar-refractivity contribution in [3.8, 4) is 5.75 Å². The van der Waals surface area contributed by atoms with Gasteiger partial charge in [-0.05, 0) is 25.1 Å². The lowest BCUT2D eigenvalue weighted by Crippen LogP contribution is -2.27. The molecule has 1 unspecified atom stereocenters. The average Bonchev–Trinajstić information content (AvgIpc) is 2.92. The average molecular weight is 339 g/mol. The predicted octanol–water partition coefficient (Wildman–Crippen LogP) is 2.67. The molecule has 23 heavy (non-hydrogen) atoms. The molecular formula is C15H19ClN4O3. The standard InChI is InChI=1S/C15H19ClN4O3/c1-9(15-19-18-10(2)23-15)17-11-5-6-13(12(16)7-11)22-8-14(21)20(3)4/h5-7,9,17H,8H2,1-4H3. The summed E-state index contributed by atoms with van der Waals surface area (Å²) in [6.45, 7) is 3.58. The molecule has 0 saturated heterocycles. The normalized spacial score (nSPS) is 11.9. The summed E-state index contributed by atoms with van der Waals surface area (Å²) in [7, 11) is 3.34. The summed E-state index contributed by atoms with van der Waals surface area (Å²) in [5, 5.41) is 11.4. The lowest BCUT2D eigenvalue weighted by Gasteiger charge is -2.14. The molecule has 0 aliphatic rings. The van der Waals surface area contributed by atoms with Crippen LogP contribution in [0.5, 0.6) is 5.75 Å². The summed E-state index contributed by atoms with van der Waals surface area (Å²) < 4.78 is 10.8. The van der Waals surface area contributed by atoms with Gasteiger partial charge in [-0.1, -0.05) is 11.6 Å². The van der Waals surface area contributed by atoms with E-state index in [0.717, 1.165) is 5.69 Å². The number of likely N-dealkylation sites (N-methyl/N-ethyl adjacent to an activating group) is 1. The summed E-state index contributed by atoms with van der Waals surface area (Å²) in [6, 6.07) is 5.08. The Balaban J connectivity index is 2.00. The molecule has 0 aliphatic heterocycles. The fourth-order valence-electron chi connectivity index (χ4n) is 1.77. The van der Waals surface area contributed by atoms with E-state index in [0.29, 0.717) is 22.6 Å². The van der Waals surface area contributed by atoms with Gasteiger partial charge in [0.1, 0.15) is 11.8 Å². The van der Waals surface area contributed by atoms with Crippen molar-refractivity contribution >= 4 is 23.2 Å². The number of nitrogens with one attached hydrogen (secondary N) is 1. The molecule has 2 aromatic rings. The van der Waals surface area contributed by atoms with Crippen LogP contribution in [0.4, 0.5) is 5.69 Å². The van der Waals surface area contributed by atoms with Crippen molar-refractivity contribution in [1.29, 1.82) is 0 Å². The van der Waals surface area contributed by atoms with Crippen molar-refractivity contribution < 1.29 is 13.9 Å². The summed E-state index contributed by atoms with van der Waals surface area (Å²) in [5.41, 5.74) is 0.782. The molecule has 124 valence electrons. The first kappa shape index (κ1) is 17.1. The number of hydrogen-bond donors (Lipinski definition) is 1. The third-order valence-electron chi connectivity index (χ3n) is 3.08. The van der Waals surface area contributed by atoms with Crippen molar-refractivity contribution in [3.05, 3.63) is 35.0 Å². The van der Waals surface area contributed by atoms with E-state index in [1.807, 2.05) is 6.92 Å². The fraction of sp³-hybridized carbons (Fsp3) is 0.400. The van der Waals surface area contributed by atoms with E-state index in [1.54, 1.807) is 39.2 Å². The first-order valence-electron chi connectivity index (χ1n) is 7.06. The van der Waals surface area contributed by atoms with Crippen LogP contribution >= 0.6 is 11.6 Å².